The number of carbonyl (C=O) groups is 1. The summed E-state index contributed by atoms with van der Waals surface area (Å²) in [5, 5.41) is 0. The third kappa shape index (κ3) is 4.39. The zero-order chi connectivity index (χ0) is 15.9. The van der Waals surface area contributed by atoms with Crippen LogP contribution in [0, 0.1) is 5.41 Å². The third-order valence-electron chi connectivity index (χ3n) is 4.37. The van der Waals surface area contributed by atoms with Gasteiger partial charge in [-0.1, -0.05) is 38.9 Å². The summed E-state index contributed by atoms with van der Waals surface area (Å²) in [5.74, 6) is 0.133. The van der Waals surface area contributed by atoms with Gasteiger partial charge in [0, 0.05) is 19.7 Å². The second-order valence-electron chi connectivity index (χ2n) is 5.89. The number of amides is 1. The number of ether oxygens (including phenoxy) is 1. The van der Waals surface area contributed by atoms with E-state index in [9.17, 15) is 4.79 Å². The Morgan fingerprint density at radius 1 is 1.24 bits per heavy atom. The Bertz CT molecular complexity index is 346. The SMILES string of the molecule is CCCC(CCC)(C(=O)N1CCC(OCC)CC1)C(N)=S. The Balaban J connectivity index is 2.79. The predicted octanol–water partition coefficient (Wildman–Crippen LogP) is 2.89. The highest BCUT2D eigenvalue weighted by atomic mass is 32.1. The monoisotopic (exact) mass is 314 g/mol. The van der Waals surface area contributed by atoms with Crippen molar-refractivity contribution in [3.63, 3.8) is 0 Å². The van der Waals surface area contributed by atoms with Crippen LogP contribution in [0.25, 0.3) is 0 Å². The van der Waals surface area contributed by atoms with Crippen molar-refractivity contribution in [2.45, 2.75) is 65.4 Å². The van der Waals surface area contributed by atoms with E-state index in [1.807, 2.05) is 11.8 Å². The minimum absolute atomic E-state index is 0.133. The summed E-state index contributed by atoms with van der Waals surface area (Å²) in [6, 6.07) is 0. The molecule has 1 aliphatic rings. The molecule has 0 aromatic heterocycles. The number of rotatable bonds is 8. The average molecular weight is 314 g/mol. The van der Waals surface area contributed by atoms with E-state index in [0.29, 0.717) is 4.99 Å². The fourth-order valence-corrected chi connectivity index (χ4v) is 3.60. The average Bonchev–Trinajstić information content (AvgIpc) is 2.47. The van der Waals surface area contributed by atoms with E-state index in [-0.39, 0.29) is 12.0 Å². The molecule has 1 amide bonds. The molecule has 0 atom stereocenters. The van der Waals surface area contributed by atoms with E-state index in [1.54, 1.807) is 0 Å². The second-order valence-corrected chi connectivity index (χ2v) is 6.33. The topological polar surface area (TPSA) is 55.6 Å². The molecule has 21 heavy (non-hydrogen) atoms. The number of hydrogen-bond donors (Lipinski definition) is 1. The molecule has 2 N–H and O–H groups in total. The van der Waals surface area contributed by atoms with Crippen molar-refractivity contribution in [1.82, 2.24) is 4.90 Å². The lowest BCUT2D eigenvalue weighted by Gasteiger charge is -2.39. The highest BCUT2D eigenvalue weighted by molar-refractivity contribution is 7.80. The Morgan fingerprint density at radius 2 is 1.76 bits per heavy atom. The molecule has 0 radical (unpaired) electrons. The highest BCUT2D eigenvalue weighted by Gasteiger charge is 2.43. The first kappa shape index (κ1) is 18.4. The van der Waals surface area contributed by atoms with Gasteiger partial charge < -0.3 is 15.4 Å². The molecule has 0 aliphatic carbocycles. The van der Waals surface area contributed by atoms with Crippen LogP contribution in [0.3, 0.4) is 0 Å². The van der Waals surface area contributed by atoms with Crippen LogP contribution < -0.4 is 5.73 Å². The molecule has 0 aromatic rings. The van der Waals surface area contributed by atoms with Gasteiger partial charge in [-0.3, -0.25) is 4.79 Å². The van der Waals surface area contributed by atoms with Crippen molar-refractivity contribution in [3.05, 3.63) is 0 Å². The summed E-state index contributed by atoms with van der Waals surface area (Å²) in [5.41, 5.74) is 5.34. The number of nitrogens with two attached hydrogens (primary N) is 1. The number of hydrogen-bond acceptors (Lipinski definition) is 3. The van der Waals surface area contributed by atoms with Crippen molar-refractivity contribution >= 4 is 23.1 Å². The van der Waals surface area contributed by atoms with Gasteiger partial charge in [0.1, 0.15) is 0 Å². The first-order valence-electron chi connectivity index (χ1n) is 8.22. The van der Waals surface area contributed by atoms with Gasteiger partial charge in [-0.25, -0.2) is 0 Å². The van der Waals surface area contributed by atoms with Crippen LogP contribution in [-0.4, -0.2) is 41.6 Å². The molecule has 0 unspecified atom stereocenters. The Kier molecular flexibility index (Phi) is 7.60. The maximum absolute atomic E-state index is 13.0. The number of thiocarbonyl (C=S) groups is 1. The number of likely N-dealkylation sites (tertiary alicyclic amines) is 1. The van der Waals surface area contributed by atoms with Crippen LogP contribution in [0.2, 0.25) is 0 Å². The molecule has 0 aromatic carbocycles. The van der Waals surface area contributed by atoms with Crippen molar-refractivity contribution < 1.29 is 9.53 Å². The zero-order valence-corrected chi connectivity index (χ0v) is 14.5. The van der Waals surface area contributed by atoms with Crippen LogP contribution in [-0.2, 0) is 9.53 Å². The molecule has 0 spiro atoms. The Hall–Kier alpha value is -0.680. The Morgan fingerprint density at radius 3 is 2.14 bits per heavy atom. The molecule has 1 heterocycles. The smallest absolute Gasteiger partial charge is 0.235 e. The molecule has 122 valence electrons. The van der Waals surface area contributed by atoms with Gasteiger partial charge in [-0.2, -0.15) is 0 Å². The van der Waals surface area contributed by atoms with Gasteiger partial charge in [0.05, 0.1) is 16.5 Å². The number of carbonyl (C=O) groups excluding carboxylic acids is 1. The van der Waals surface area contributed by atoms with Crippen molar-refractivity contribution in [1.29, 1.82) is 0 Å². The van der Waals surface area contributed by atoms with E-state index in [2.05, 4.69) is 13.8 Å². The molecule has 1 fully saturated rings. The summed E-state index contributed by atoms with van der Waals surface area (Å²) >= 11 is 5.28. The molecular weight excluding hydrogens is 284 g/mol. The van der Waals surface area contributed by atoms with Crippen LogP contribution in [0.1, 0.15) is 59.3 Å². The summed E-state index contributed by atoms with van der Waals surface area (Å²) in [6.07, 6.45) is 5.43. The van der Waals surface area contributed by atoms with E-state index < -0.39 is 5.41 Å². The van der Waals surface area contributed by atoms with E-state index in [4.69, 9.17) is 22.7 Å². The van der Waals surface area contributed by atoms with Gasteiger partial charge >= 0.3 is 0 Å². The maximum Gasteiger partial charge on any atom is 0.235 e. The minimum Gasteiger partial charge on any atom is -0.392 e. The lowest BCUT2D eigenvalue weighted by atomic mass is 9.77. The van der Waals surface area contributed by atoms with Crippen LogP contribution >= 0.6 is 12.2 Å². The Labute approximate surface area is 134 Å². The highest BCUT2D eigenvalue weighted by Crippen LogP contribution is 2.34. The predicted molar refractivity (Wildman–Crippen MR) is 90.3 cm³/mol. The summed E-state index contributed by atoms with van der Waals surface area (Å²) in [4.78, 5) is 15.3. The molecule has 4 nitrogen and oxygen atoms in total. The van der Waals surface area contributed by atoms with Crippen molar-refractivity contribution in [2.75, 3.05) is 19.7 Å². The number of piperidine rings is 1. The van der Waals surface area contributed by atoms with Crippen LogP contribution in [0.5, 0.6) is 0 Å². The normalized spacial score (nSPS) is 17.0. The molecule has 1 rings (SSSR count). The molecular formula is C16H30N2O2S. The van der Waals surface area contributed by atoms with E-state index in [0.717, 1.165) is 58.2 Å². The molecule has 0 bridgehead atoms. The quantitative estimate of drug-likeness (QED) is 0.700. The zero-order valence-electron chi connectivity index (χ0n) is 13.7. The summed E-state index contributed by atoms with van der Waals surface area (Å²) in [6.45, 7) is 8.41. The van der Waals surface area contributed by atoms with Gasteiger partial charge in [0.25, 0.3) is 0 Å². The van der Waals surface area contributed by atoms with Gasteiger partial charge in [0.2, 0.25) is 5.91 Å². The largest absolute Gasteiger partial charge is 0.392 e. The maximum atomic E-state index is 13.0. The first-order valence-corrected chi connectivity index (χ1v) is 8.63. The fourth-order valence-electron chi connectivity index (χ4n) is 3.31. The van der Waals surface area contributed by atoms with E-state index >= 15 is 0 Å². The second kappa shape index (κ2) is 8.69. The van der Waals surface area contributed by atoms with Gasteiger partial charge in [0.15, 0.2) is 0 Å². The number of nitrogens with zero attached hydrogens (tertiary/aromatic N) is 1. The molecule has 5 heteroatoms. The molecule has 1 saturated heterocycles. The van der Waals surface area contributed by atoms with Crippen molar-refractivity contribution in [2.24, 2.45) is 11.1 Å². The minimum atomic E-state index is -0.642. The first-order chi connectivity index (χ1) is 10.0. The van der Waals surface area contributed by atoms with E-state index in [1.165, 1.54) is 0 Å². The molecule has 0 saturated carbocycles. The lowest BCUT2D eigenvalue weighted by molar-refractivity contribution is -0.141. The summed E-state index contributed by atoms with van der Waals surface area (Å²) in [7, 11) is 0. The van der Waals surface area contributed by atoms with Crippen LogP contribution in [0.4, 0.5) is 0 Å². The fraction of sp³-hybridized carbons (Fsp3) is 0.875. The van der Waals surface area contributed by atoms with Crippen LogP contribution in [0.15, 0.2) is 0 Å². The third-order valence-corrected chi connectivity index (χ3v) is 4.76. The standard InChI is InChI=1S/C16H30N2O2S/c1-4-9-16(10-5-2,14(17)21)15(19)18-11-7-13(8-12-18)20-6-3/h13H,4-12H2,1-3H3,(H2,17,21). The van der Waals surface area contributed by atoms with Gasteiger partial charge in [-0.05, 0) is 32.6 Å². The van der Waals surface area contributed by atoms with Crippen molar-refractivity contribution in [3.8, 4) is 0 Å². The van der Waals surface area contributed by atoms with Gasteiger partial charge in [-0.15, -0.1) is 0 Å². The summed E-state index contributed by atoms with van der Waals surface area (Å²) < 4.78 is 5.65. The molecule has 1 aliphatic heterocycles. The lowest BCUT2D eigenvalue weighted by Crippen LogP contribution is -2.53.